The quantitative estimate of drug-likeness (QED) is 0.554. The Hall–Kier alpha value is -1.58. The van der Waals surface area contributed by atoms with Crippen molar-refractivity contribution in [2.24, 2.45) is 0 Å². The molecule has 3 nitrogen and oxygen atoms in total. The molecule has 1 aromatic carbocycles. The molecular weight excluding hydrogens is 321 g/mol. The zero-order chi connectivity index (χ0) is 16.5. The lowest BCUT2D eigenvalue weighted by Crippen LogP contribution is -1.95. The van der Waals surface area contributed by atoms with E-state index in [1.165, 1.54) is 24.6 Å². The fourth-order valence-corrected chi connectivity index (χ4v) is 2.06. The lowest BCUT2D eigenvalue weighted by Gasteiger charge is -2.06. The molecule has 0 unspecified atom stereocenters. The van der Waals surface area contributed by atoms with Crippen molar-refractivity contribution in [1.82, 2.24) is 4.98 Å². The van der Waals surface area contributed by atoms with Crippen LogP contribution in [0.25, 0.3) is 0 Å². The van der Waals surface area contributed by atoms with Gasteiger partial charge in [0.15, 0.2) is 5.78 Å². The maximum absolute atomic E-state index is 10.8. The number of hydrogen-bond acceptors (Lipinski definition) is 3. The second-order valence-corrected chi connectivity index (χ2v) is 5.45. The number of hydrogen-bond donors (Lipinski definition) is 0. The highest BCUT2D eigenvalue weighted by Crippen LogP contribution is 2.16. The van der Waals surface area contributed by atoms with E-state index >= 15 is 0 Å². The largest absolute Gasteiger partial charge is 0.493 e. The third-order valence-electron chi connectivity index (χ3n) is 2.72. The number of carbonyl (C=O) groups is 1. The van der Waals surface area contributed by atoms with Crippen LogP contribution in [0, 0.1) is 6.92 Å². The van der Waals surface area contributed by atoms with E-state index in [9.17, 15) is 4.79 Å². The molecule has 0 spiro atoms. The summed E-state index contributed by atoms with van der Waals surface area (Å²) in [7, 11) is 0. The predicted molar refractivity (Wildman–Crippen MR) is 91.2 cm³/mol. The first-order valence-electron chi connectivity index (χ1n) is 6.96. The van der Waals surface area contributed by atoms with E-state index in [-0.39, 0.29) is 16.1 Å². The van der Waals surface area contributed by atoms with Crippen molar-refractivity contribution in [3.8, 4) is 5.75 Å². The lowest BCUT2D eigenvalue weighted by molar-refractivity contribution is 0.101. The molecule has 0 saturated heterocycles. The molecule has 0 bridgehead atoms. The normalized spacial score (nSPS) is 9.68. The van der Waals surface area contributed by atoms with Gasteiger partial charge >= 0.3 is 0 Å². The summed E-state index contributed by atoms with van der Waals surface area (Å²) >= 11 is 11.1. The van der Waals surface area contributed by atoms with Crippen LogP contribution < -0.4 is 4.74 Å². The van der Waals surface area contributed by atoms with Crippen molar-refractivity contribution < 1.29 is 9.53 Å². The van der Waals surface area contributed by atoms with Crippen LogP contribution in [0.4, 0.5) is 0 Å². The van der Waals surface area contributed by atoms with Crippen LogP contribution in [0.15, 0.2) is 36.4 Å². The molecule has 2 rings (SSSR count). The van der Waals surface area contributed by atoms with Crippen LogP contribution in [0.5, 0.6) is 5.75 Å². The molecule has 0 amide bonds. The van der Waals surface area contributed by atoms with Gasteiger partial charge in [-0.15, -0.1) is 0 Å². The molecule has 0 radical (unpaired) electrons. The van der Waals surface area contributed by atoms with Crippen molar-refractivity contribution in [2.45, 2.75) is 27.2 Å². The number of rotatable bonds is 4. The summed E-state index contributed by atoms with van der Waals surface area (Å²) < 4.78 is 5.49. The second kappa shape index (κ2) is 9.44. The van der Waals surface area contributed by atoms with Gasteiger partial charge in [0.2, 0.25) is 0 Å². The van der Waals surface area contributed by atoms with Crippen molar-refractivity contribution in [1.29, 1.82) is 0 Å². The highest BCUT2D eigenvalue weighted by atomic mass is 35.5. The Morgan fingerprint density at radius 1 is 1.18 bits per heavy atom. The molecule has 0 saturated carbocycles. The van der Waals surface area contributed by atoms with E-state index in [1.54, 1.807) is 0 Å². The number of aromatic nitrogens is 1. The number of ketones is 1. The van der Waals surface area contributed by atoms with Crippen LogP contribution in [0.2, 0.25) is 10.3 Å². The average Bonchev–Trinajstić information content (AvgIpc) is 2.46. The second-order valence-electron chi connectivity index (χ2n) is 4.67. The van der Waals surface area contributed by atoms with E-state index < -0.39 is 0 Å². The summed E-state index contributed by atoms with van der Waals surface area (Å²) in [6.07, 6.45) is 1.06. The Kier molecular flexibility index (Phi) is 7.92. The summed E-state index contributed by atoms with van der Waals surface area (Å²) in [5, 5.41) is 0.477. The van der Waals surface area contributed by atoms with E-state index in [4.69, 9.17) is 27.9 Å². The molecule has 0 atom stereocenters. The van der Waals surface area contributed by atoms with Crippen LogP contribution in [0.1, 0.15) is 36.2 Å². The minimum atomic E-state index is -0.0730. The third-order valence-corrected chi connectivity index (χ3v) is 3.11. The molecule has 0 aliphatic heterocycles. The van der Waals surface area contributed by atoms with Crippen LogP contribution in [-0.2, 0) is 0 Å². The van der Waals surface area contributed by atoms with Gasteiger partial charge in [-0.2, -0.15) is 0 Å². The monoisotopic (exact) mass is 339 g/mol. The van der Waals surface area contributed by atoms with E-state index in [0.29, 0.717) is 5.56 Å². The summed E-state index contributed by atoms with van der Waals surface area (Å²) in [5.41, 5.74) is 1.69. The standard InChI is InChI=1S/C10H14O.C7H5Cl2NO/c1-3-8-11-10-7-5-4-6-9(10)2;1-4(11)5-2-6(8)10-7(9)3-5/h4-7H,3,8H2,1-2H3;2-3H,1H3. The fraction of sp³-hybridized carbons (Fsp3) is 0.294. The summed E-state index contributed by atoms with van der Waals surface area (Å²) in [6, 6.07) is 11.0. The molecule has 1 aromatic heterocycles. The first kappa shape index (κ1) is 18.5. The summed E-state index contributed by atoms with van der Waals surface area (Å²) in [4.78, 5) is 14.5. The van der Waals surface area contributed by atoms with Crippen LogP contribution in [0.3, 0.4) is 0 Å². The average molecular weight is 340 g/mol. The molecule has 2 aromatic rings. The molecule has 0 aliphatic carbocycles. The van der Waals surface area contributed by atoms with E-state index in [1.807, 2.05) is 18.2 Å². The van der Waals surface area contributed by atoms with Crippen molar-refractivity contribution in [3.05, 3.63) is 57.8 Å². The van der Waals surface area contributed by atoms with Gasteiger partial charge in [-0.1, -0.05) is 48.3 Å². The van der Waals surface area contributed by atoms with Gasteiger partial charge in [0, 0.05) is 5.56 Å². The first-order chi connectivity index (χ1) is 10.4. The van der Waals surface area contributed by atoms with Gasteiger partial charge < -0.3 is 4.74 Å². The number of ether oxygens (including phenoxy) is 1. The Morgan fingerprint density at radius 2 is 1.77 bits per heavy atom. The zero-order valence-electron chi connectivity index (χ0n) is 12.9. The van der Waals surface area contributed by atoms with Crippen LogP contribution >= 0.6 is 23.2 Å². The number of Topliss-reactive ketones (excluding diaryl/α,β-unsaturated/α-hetero) is 1. The lowest BCUT2D eigenvalue weighted by atomic mass is 10.2. The minimum absolute atomic E-state index is 0.0730. The topological polar surface area (TPSA) is 39.2 Å². The highest BCUT2D eigenvalue weighted by Gasteiger charge is 2.02. The molecule has 5 heteroatoms. The van der Waals surface area contributed by atoms with Gasteiger partial charge in [0.25, 0.3) is 0 Å². The Bertz CT molecular complexity index is 610. The van der Waals surface area contributed by atoms with Gasteiger partial charge in [-0.05, 0) is 44.0 Å². The summed E-state index contributed by atoms with van der Waals surface area (Å²) in [6.45, 7) is 6.43. The summed E-state index contributed by atoms with van der Waals surface area (Å²) in [5.74, 6) is 0.936. The molecule has 0 fully saturated rings. The third kappa shape index (κ3) is 6.46. The van der Waals surface area contributed by atoms with Crippen molar-refractivity contribution in [2.75, 3.05) is 6.61 Å². The maximum atomic E-state index is 10.8. The number of carbonyl (C=O) groups excluding carboxylic acids is 1. The molecule has 0 aliphatic rings. The van der Waals surface area contributed by atoms with Gasteiger partial charge in [0.05, 0.1) is 6.61 Å². The molecule has 22 heavy (non-hydrogen) atoms. The van der Waals surface area contributed by atoms with Gasteiger partial charge in [-0.25, -0.2) is 4.98 Å². The maximum Gasteiger partial charge on any atom is 0.160 e. The Balaban J connectivity index is 0.000000220. The number of halogens is 2. The number of nitrogens with zero attached hydrogens (tertiary/aromatic N) is 1. The smallest absolute Gasteiger partial charge is 0.160 e. The minimum Gasteiger partial charge on any atom is -0.493 e. The Morgan fingerprint density at radius 3 is 2.27 bits per heavy atom. The Labute approximate surface area is 141 Å². The molecule has 118 valence electrons. The SMILES string of the molecule is CC(=O)c1cc(Cl)nc(Cl)c1.CCCOc1ccccc1C. The van der Waals surface area contributed by atoms with Gasteiger partial charge in [0.1, 0.15) is 16.1 Å². The fourth-order valence-electron chi connectivity index (χ4n) is 1.60. The number of pyridine rings is 1. The van der Waals surface area contributed by atoms with E-state index in [2.05, 4.69) is 24.9 Å². The molecule has 1 heterocycles. The highest BCUT2D eigenvalue weighted by molar-refractivity contribution is 6.33. The van der Waals surface area contributed by atoms with Crippen LogP contribution in [-0.4, -0.2) is 17.4 Å². The van der Waals surface area contributed by atoms with E-state index in [0.717, 1.165) is 18.8 Å². The molecular formula is C17H19Cl2NO2. The zero-order valence-corrected chi connectivity index (χ0v) is 14.4. The molecule has 0 N–H and O–H groups in total. The first-order valence-corrected chi connectivity index (χ1v) is 7.72. The predicted octanol–water partition coefficient (Wildman–Crippen LogP) is 5.37. The van der Waals surface area contributed by atoms with Gasteiger partial charge in [-0.3, -0.25) is 4.79 Å². The van der Waals surface area contributed by atoms with Crippen molar-refractivity contribution in [3.63, 3.8) is 0 Å². The number of aryl methyl sites for hydroxylation is 1. The number of benzene rings is 1. The number of para-hydroxylation sites is 1. The van der Waals surface area contributed by atoms with Crippen molar-refractivity contribution >= 4 is 29.0 Å².